The molecule has 0 saturated carbocycles. The largest absolute Gasteiger partial charge is 0.493 e. The maximum absolute atomic E-state index is 14.1. The molecule has 0 saturated heterocycles. The van der Waals surface area contributed by atoms with Crippen molar-refractivity contribution in [2.45, 2.75) is 51.9 Å². The summed E-state index contributed by atoms with van der Waals surface area (Å²) in [5.74, 6) is -0.683. The molecule has 2 amide bonds. The molecule has 11 heteroatoms. The van der Waals surface area contributed by atoms with E-state index >= 15 is 0 Å². The molecule has 0 radical (unpaired) electrons. The molecule has 3 atom stereocenters. The molecule has 0 spiro atoms. The number of para-hydroxylation sites is 1. The van der Waals surface area contributed by atoms with Crippen LogP contribution < -0.4 is 19.7 Å². The highest BCUT2D eigenvalue weighted by atomic mass is 35.5. The Morgan fingerprint density at radius 2 is 1.90 bits per heavy atom. The summed E-state index contributed by atoms with van der Waals surface area (Å²) >= 11 is 7.93. The van der Waals surface area contributed by atoms with E-state index in [4.69, 9.17) is 25.8 Å². The van der Waals surface area contributed by atoms with Gasteiger partial charge in [0, 0.05) is 28.4 Å². The van der Waals surface area contributed by atoms with Crippen LogP contribution in [0, 0.1) is 5.41 Å². The van der Waals surface area contributed by atoms with E-state index in [1.165, 1.54) is 26.0 Å². The highest BCUT2D eigenvalue weighted by Crippen LogP contribution is 2.45. The first-order valence-corrected chi connectivity index (χ1v) is 14.7. The lowest BCUT2D eigenvalue weighted by molar-refractivity contribution is -0.143. The van der Waals surface area contributed by atoms with Gasteiger partial charge in [0.05, 0.1) is 20.6 Å². The third-order valence-corrected chi connectivity index (χ3v) is 7.25. The van der Waals surface area contributed by atoms with Gasteiger partial charge in [-0.25, -0.2) is 4.79 Å². The van der Waals surface area contributed by atoms with Gasteiger partial charge in [0.1, 0.15) is 18.2 Å². The number of aliphatic carboxylic acids is 1. The van der Waals surface area contributed by atoms with Crippen molar-refractivity contribution in [1.29, 1.82) is 0 Å². The lowest BCUT2D eigenvalue weighted by Gasteiger charge is -2.31. The van der Waals surface area contributed by atoms with E-state index in [2.05, 4.69) is 5.32 Å². The number of halogens is 1. The normalized spacial score (nSPS) is 18.0. The Morgan fingerprint density at radius 1 is 1.18 bits per heavy atom. The fourth-order valence-electron chi connectivity index (χ4n) is 4.62. The minimum absolute atomic E-state index is 0.255. The molecule has 0 aromatic heterocycles. The number of carbonyl (C=O) groups excluding carboxylic acids is 2. The molecule has 0 unspecified atom stereocenters. The molecule has 1 heterocycles. The molecule has 1 aliphatic heterocycles. The van der Waals surface area contributed by atoms with Crippen LogP contribution in [0.5, 0.6) is 11.5 Å². The SMILES string of the molecule is COc1cccc([C@@H]2O[C@H](CC(=O)N[C@H](CCSC)C(=O)O)C(=O)N(CC(C)(C)C)c3ccc(Cl)cc32)c1OC. The number of carboxylic acid groups (broad SMARTS) is 1. The Kier molecular flexibility index (Phi) is 10.7. The number of anilines is 1. The van der Waals surface area contributed by atoms with Gasteiger partial charge >= 0.3 is 5.97 Å². The van der Waals surface area contributed by atoms with Crippen LogP contribution in [0.1, 0.15) is 50.8 Å². The van der Waals surface area contributed by atoms with Crippen molar-refractivity contribution in [3.8, 4) is 11.5 Å². The summed E-state index contributed by atoms with van der Waals surface area (Å²) in [7, 11) is 3.04. The molecule has 1 aliphatic rings. The van der Waals surface area contributed by atoms with Crippen LogP contribution in [-0.4, -0.2) is 67.8 Å². The molecule has 40 heavy (non-hydrogen) atoms. The van der Waals surface area contributed by atoms with Crippen LogP contribution in [0.4, 0.5) is 5.69 Å². The summed E-state index contributed by atoms with van der Waals surface area (Å²) in [6.07, 6.45) is -0.320. The smallest absolute Gasteiger partial charge is 0.326 e. The zero-order valence-corrected chi connectivity index (χ0v) is 25.2. The Morgan fingerprint density at radius 3 is 2.50 bits per heavy atom. The van der Waals surface area contributed by atoms with Gasteiger partial charge in [-0.1, -0.05) is 44.5 Å². The second-order valence-corrected chi connectivity index (χ2v) is 12.1. The number of hydrogen-bond acceptors (Lipinski definition) is 7. The predicted octanol–water partition coefficient (Wildman–Crippen LogP) is 4.94. The van der Waals surface area contributed by atoms with E-state index in [1.54, 1.807) is 41.3 Å². The van der Waals surface area contributed by atoms with Crippen LogP contribution in [0.3, 0.4) is 0 Å². The van der Waals surface area contributed by atoms with E-state index in [0.717, 1.165) is 0 Å². The molecule has 2 aromatic carbocycles. The first kappa shape index (κ1) is 31.6. The van der Waals surface area contributed by atoms with Gasteiger partial charge in [-0.2, -0.15) is 11.8 Å². The van der Waals surface area contributed by atoms with Gasteiger partial charge in [-0.3, -0.25) is 9.59 Å². The first-order valence-electron chi connectivity index (χ1n) is 12.9. The second-order valence-electron chi connectivity index (χ2n) is 10.7. The Balaban J connectivity index is 2.12. The summed E-state index contributed by atoms with van der Waals surface area (Å²) < 4.78 is 17.7. The number of benzene rings is 2. The van der Waals surface area contributed by atoms with Crippen molar-refractivity contribution in [1.82, 2.24) is 5.32 Å². The Labute approximate surface area is 244 Å². The Hall–Kier alpha value is -2.95. The van der Waals surface area contributed by atoms with E-state index in [0.29, 0.717) is 45.6 Å². The van der Waals surface area contributed by atoms with Crippen molar-refractivity contribution in [3.63, 3.8) is 0 Å². The Bertz CT molecular complexity index is 1230. The number of methoxy groups -OCH3 is 2. The second kappa shape index (κ2) is 13.6. The molecule has 218 valence electrons. The highest BCUT2D eigenvalue weighted by molar-refractivity contribution is 7.98. The van der Waals surface area contributed by atoms with Crippen LogP contribution in [0.15, 0.2) is 36.4 Å². The summed E-state index contributed by atoms with van der Waals surface area (Å²) in [5, 5.41) is 12.6. The van der Waals surface area contributed by atoms with Gasteiger partial charge in [0.25, 0.3) is 5.91 Å². The number of hydrogen-bond donors (Lipinski definition) is 2. The summed E-state index contributed by atoms with van der Waals surface area (Å²) in [4.78, 5) is 40.6. The monoisotopic (exact) mass is 592 g/mol. The zero-order valence-electron chi connectivity index (χ0n) is 23.7. The van der Waals surface area contributed by atoms with Gasteiger partial charge in [-0.15, -0.1) is 0 Å². The number of nitrogens with one attached hydrogen (secondary N) is 1. The number of carbonyl (C=O) groups is 3. The van der Waals surface area contributed by atoms with Gasteiger partial charge in [-0.05, 0) is 48.1 Å². The van der Waals surface area contributed by atoms with E-state index in [-0.39, 0.29) is 18.3 Å². The fourth-order valence-corrected chi connectivity index (χ4v) is 5.27. The molecule has 0 aliphatic carbocycles. The van der Waals surface area contributed by atoms with E-state index in [9.17, 15) is 19.5 Å². The van der Waals surface area contributed by atoms with Crippen molar-refractivity contribution >= 4 is 46.8 Å². The first-order chi connectivity index (χ1) is 18.9. The molecule has 3 rings (SSSR count). The van der Waals surface area contributed by atoms with Crippen LogP contribution >= 0.6 is 23.4 Å². The molecule has 2 N–H and O–H groups in total. The molecule has 9 nitrogen and oxygen atoms in total. The summed E-state index contributed by atoms with van der Waals surface area (Å²) in [6, 6.07) is 9.50. The third-order valence-electron chi connectivity index (χ3n) is 6.37. The van der Waals surface area contributed by atoms with Crippen molar-refractivity contribution in [3.05, 3.63) is 52.5 Å². The number of amides is 2. The van der Waals surface area contributed by atoms with Crippen molar-refractivity contribution in [2.24, 2.45) is 5.41 Å². The molecular formula is C29H37ClN2O7S. The van der Waals surface area contributed by atoms with Crippen LogP contribution in [0.25, 0.3) is 0 Å². The average Bonchev–Trinajstić information content (AvgIpc) is 2.99. The van der Waals surface area contributed by atoms with Crippen molar-refractivity contribution in [2.75, 3.05) is 37.7 Å². The lowest BCUT2D eigenvalue weighted by atomic mass is 9.94. The van der Waals surface area contributed by atoms with Gasteiger partial charge < -0.3 is 29.5 Å². The average molecular weight is 593 g/mol. The maximum atomic E-state index is 14.1. The maximum Gasteiger partial charge on any atom is 0.326 e. The topological polar surface area (TPSA) is 114 Å². The summed E-state index contributed by atoms with van der Waals surface area (Å²) in [5.41, 5.74) is 1.53. The molecular weight excluding hydrogens is 556 g/mol. The molecule has 0 fully saturated rings. The van der Waals surface area contributed by atoms with Gasteiger partial charge in [0.15, 0.2) is 11.5 Å². The van der Waals surface area contributed by atoms with E-state index in [1.807, 2.05) is 27.0 Å². The third kappa shape index (κ3) is 7.62. The number of carboxylic acids is 1. The molecule has 0 bridgehead atoms. The fraction of sp³-hybridized carbons (Fsp3) is 0.483. The number of fused-ring (bicyclic) bond motifs is 1. The van der Waals surface area contributed by atoms with Crippen LogP contribution in [0.2, 0.25) is 5.02 Å². The standard InChI is InChI=1S/C29H37ClN2O7S/c1-29(2,3)16-32-21-11-10-17(30)14-19(21)25(18-8-7-9-22(37-4)26(18)38-5)39-23(27(32)34)15-24(33)31-20(28(35)36)12-13-40-6/h7-11,14,20,23,25H,12-13,15-16H2,1-6H3,(H,31,33)(H,35,36)/t20-,23-,25+/m1/s1. The predicted molar refractivity (Wildman–Crippen MR) is 157 cm³/mol. The molecule has 2 aromatic rings. The number of thioether (sulfide) groups is 1. The summed E-state index contributed by atoms with van der Waals surface area (Å²) in [6.45, 7) is 6.37. The number of ether oxygens (including phenoxy) is 3. The zero-order chi connectivity index (χ0) is 29.6. The quantitative estimate of drug-likeness (QED) is 0.377. The lowest BCUT2D eigenvalue weighted by Crippen LogP contribution is -2.47. The minimum atomic E-state index is -1.22. The highest BCUT2D eigenvalue weighted by Gasteiger charge is 2.40. The minimum Gasteiger partial charge on any atom is -0.493 e. The van der Waals surface area contributed by atoms with Gasteiger partial charge in [0.2, 0.25) is 5.91 Å². The number of rotatable bonds is 11. The number of nitrogens with zero attached hydrogens (tertiary/aromatic N) is 1. The van der Waals surface area contributed by atoms with Crippen molar-refractivity contribution < 1.29 is 33.7 Å². The van der Waals surface area contributed by atoms with Crippen LogP contribution in [-0.2, 0) is 19.1 Å². The van der Waals surface area contributed by atoms with E-state index < -0.39 is 36.0 Å².